The summed E-state index contributed by atoms with van der Waals surface area (Å²) < 4.78 is 1.16. The first-order chi connectivity index (χ1) is 7.00. The Balaban J connectivity index is 2.50. The van der Waals surface area contributed by atoms with Crippen molar-refractivity contribution in [3.05, 3.63) is 15.2 Å². The molecule has 1 aromatic heterocycles. The third kappa shape index (κ3) is 3.47. The molecule has 5 nitrogen and oxygen atoms in total. The number of hydrogen-bond donors (Lipinski definition) is 1. The highest BCUT2D eigenvalue weighted by Gasteiger charge is 2.12. The molecule has 1 amide bonds. The largest absolute Gasteiger partial charge is 0.352 e. The average molecular weight is 229 g/mol. The third-order valence-electron chi connectivity index (χ3n) is 2.23. The van der Waals surface area contributed by atoms with Crippen LogP contribution in [0.4, 0.5) is 0 Å². The minimum Gasteiger partial charge on any atom is -0.352 e. The van der Waals surface area contributed by atoms with Gasteiger partial charge < -0.3 is 5.32 Å². The van der Waals surface area contributed by atoms with E-state index in [1.54, 1.807) is 0 Å². The van der Waals surface area contributed by atoms with Crippen LogP contribution in [0, 0.1) is 5.92 Å². The number of hydrogen-bond acceptors (Lipinski definition) is 4. The lowest BCUT2D eigenvalue weighted by Crippen LogP contribution is -2.39. The second kappa shape index (κ2) is 5.06. The predicted molar refractivity (Wildman–Crippen MR) is 58.8 cm³/mol. The molecule has 1 aromatic rings. The van der Waals surface area contributed by atoms with Gasteiger partial charge in [0.25, 0.3) is 0 Å². The molecule has 0 radical (unpaired) electrons. The van der Waals surface area contributed by atoms with E-state index in [9.17, 15) is 9.59 Å². The maximum atomic E-state index is 11.5. The third-order valence-corrected chi connectivity index (χ3v) is 2.84. The molecule has 0 saturated carbocycles. The first-order valence-corrected chi connectivity index (χ1v) is 5.68. The summed E-state index contributed by atoms with van der Waals surface area (Å²) in [5.74, 6) is 0.199. The van der Waals surface area contributed by atoms with E-state index < -0.39 is 0 Å². The van der Waals surface area contributed by atoms with Crippen molar-refractivity contribution in [2.75, 3.05) is 0 Å². The maximum Gasteiger partial charge on any atom is 0.325 e. The Labute approximate surface area is 92.1 Å². The van der Waals surface area contributed by atoms with Crippen LogP contribution in [-0.4, -0.2) is 21.7 Å². The normalized spacial score (nSPS) is 12.8. The van der Waals surface area contributed by atoms with Crippen molar-refractivity contribution in [2.24, 2.45) is 5.92 Å². The highest BCUT2D eigenvalue weighted by Crippen LogP contribution is 1.99. The summed E-state index contributed by atoms with van der Waals surface area (Å²) in [7, 11) is 0. The van der Waals surface area contributed by atoms with Crippen molar-refractivity contribution < 1.29 is 4.79 Å². The molecular weight excluding hydrogens is 214 g/mol. The van der Waals surface area contributed by atoms with Crippen molar-refractivity contribution in [2.45, 2.75) is 33.4 Å². The molecule has 1 heterocycles. The van der Waals surface area contributed by atoms with Crippen LogP contribution >= 0.6 is 11.3 Å². The monoisotopic (exact) mass is 229 g/mol. The van der Waals surface area contributed by atoms with E-state index in [-0.39, 0.29) is 23.4 Å². The Morgan fingerprint density at radius 2 is 2.27 bits per heavy atom. The van der Waals surface area contributed by atoms with E-state index >= 15 is 0 Å². The summed E-state index contributed by atoms with van der Waals surface area (Å²) in [5.41, 5.74) is 1.43. The Bertz CT molecular complexity index is 383. The number of carbonyl (C=O) groups excluding carboxylic acids is 1. The van der Waals surface area contributed by atoms with Crippen LogP contribution in [-0.2, 0) is 11.3 Å². The zero-order valence-corrected chi connectivity index (χ0v) is 9.87. The van der Waals surface area contributed by atoms with Gasteiger partial charge in [0.1, 0.15) is 12.1 Å². The minimum absolute atomic E-state index is 0.000602. The summed E-state index contributed by atoms with van der Waals surface area (Å²) in [6.07, 6.45) is 0. The predicted octanol–water partition coefficient (Wildman–Crippen LogP) is 0.465. The van der Waals surface area contributed by atoms with Gasteiger partial charge in [-0.05, 0) is 12.8 Å². The smallest absolute Gasteiger partial charge is 0.325 e. The second-order valence-electron chi connectivity index (χ2n) is 3.76. The van der Waals surface area contributed by atoms with E-state index in [0.717, 1.165) is 16.0 Å². The van der Waals surface area contributed by atoms with Crippen molar-refractivity contribution in [3.63, 3.8) is 0 Å². The SMILES string of the molecule is CC(C)C(C)NC(=O)Cn1ncsc1=O. The molecule has 0 fully saturated rings. The molecule has 0 aromatic carbocycles. The highest BCUT2D eigenvalue weighted by molar-refractivity contribution is 7.06. The fourth-order valence-electron chi connectivity index (χ4n) is 0.941. The van der Waals surface area contributed by atoms with E-state index in [1.807, 2.05) is 20.8 Å². The Morgan fingerprint density at radius 3 is 2.73 bits per heavy atom. The summed E-state index contributed by atoms with van der Waals surface area (Å²) in [6, 6.07) is 0.104. The molecule has 0 aliphatic heterocycles. The standard InChI is InChI=1S/C9H15N3O2S/c1-6(2)7(3)11-8(13)4-12-9(14)15-5-10-12/h5-7H,4H2,1-3H3,(H,11,13). The molecule has 1 rings (SSSR count). The molecule has 0 aliphatic rings. The van der Waals surface area contributed by atoms with Crippen LogP contribution in [0.1, 0.15) is 20.8 Å². The molecule has 1 N–H and O–H groups in total. The molecule has 0 bridgehead atoms. The number of amides is 1. The van der Waals surface area contributed by atoms with Crippen molar-refractivity contribution in [1.82, 2.24) is 15.1 Å². The molecule has 84 valence electrons. The quantitative estimate of drug-likeness (QED) is 0.816. The lowest BCUT2D eigenvalue weighted by atomic mass is 10.1. The lowest BCUT2D eigenvalue weighted by Gasteiger charge is -2.16. The van der Waals surface area contributed by atoms with Gasteiger partial charge in [0.2, 0.25) is 5.91 Å². The van der Waals surface area contributed by atoms with Crippen LogP contribution in [0.3, 0.4) is 0 Å². The summed E-state index contributed by atoms with van der Waals surface area (Å²) in [4.78, 5) is 22.4. The summed E-state index contributed by atoms with van der Waals surface area (Å²) >= 11 is 0.988. The van der Waals surface area contributed by atoms with Crippen LogP contribution < -0.4 is 10.2 Å². The van der Waals surface area contributed by atoms with Gasteiger partial charge in [-0.15, -0.1) is 0 Å². The van der Waals surface area contributed by atoms with E-state index in [2.05, 4.69) is 10.4 Å². The Morgan fingerprint density at radius 1 is 1.60 bits per heavy atom. The van der Waals surface area contributed by atoms with Gasteiger partial charge in [0.15, 0.2) is 0 Å². The van der Waals surface area contributed by atoms with Gasteiger partial charge in [-0.3, -0.25) is 9.59 Å². The van der Waals surface area contributed by atoms with Crippen LogP contribution in [0.5, 0.6) is 0 Å². The first-order valence-electron chi connectivity index (χ1n) is 4.80. The van der Waals surface area contributed by atoms with Gasteiger partial charge in [-0.2, -0.15) is 5.10 Å². The zero-order valence-electron chi connectivity index (χ0n) is 9.06. The molecule has 1 unspecified atom stereocenters. The Kier molecular flexibility index (Phi) is 4.02. The van der Waals surface area contributed by atoms with Gasteiger partial charge in [-0.1, -0.05) is 25.2 Å². The fourth-order valence-corrected chi connectivity index (χ4v) is 1.43. The maximum absolute atomic E-state index is 11.5. The zero-order chi connectivity index (χ0) is 11.4. The molecule has 1 atom stereocenters. The average Bonchev–Trinajstić information content (AvgIpc) is 2.51. The van der Waals surface area contributed by atoms with E-state index in [1.165, 1.54) is 5.51 Å². The molecule has 0 aliphatic carbocycles. The molecular formula is C9H15N3O2S. The molecule has 6 heteroatoms. The van der Waals surface area contributed by atoms with Gasteiger partial charge in [-0.25, -0.2) is 4.68 Å². The molecule has 15 heavy (non-hydrogen) atoms. The number of aromatic nitrogens is 2. The Hall–Kier alpha value is -1.17. The molecule has 0 spiro atoms. The highest BCUT2D eigenvalue weighted by atomic mass is 32.1. The van der Waals surface area contributed by atoms with Gasteiger partial charge >= 0.3 is 4.87 Å². The minimum atomic E-state index is -0.206. The number of rotatable bonds is 4. The van der Waals surface area contributed by atoms with E-state index in [4.69, 9.17) is 0 Å². The topological polar surface area (TPSA) is 64.0 Å². The molecule has 0 saturated heterocycles. The van der Waals surface area contributed by atoms with Crippen molar-refractivity contribution in [3.8, 4) is 0 Å². The number of nitrogens with one attached hydrogen (secondary N) is 1. The van der Waals surface area contributed by atoms with Crippen molar-refractivity contribution >= 4 is 17.2 Å². The van der Waals surface area contributed by atoms with Gasteiger partial charge in [0, 0.05) is 6.04 Å². The van der Waals surface area contributed by atoms with Gasteiger partial charge in [0.05, 0.1) is 0 Å². The summed E-state index contributed by atoms with van der Waals surface area (Å²) in [6.45, 7) is 5.99. The second-order valence-corrected chi connectivity index (χ2v) is 4.56. The number of nitrogens with zero attached hydrogens (tertiary/aromatic N) is 2. The lowest BCUT2D eigenvalue weighted by molar-refractivity contribution is -0.122. The van der Waals surface area contributed by atoms with Crippen molar-refractivity contribution in [1.29, 1.82) is 0 Å². The fraction of sp³-hybridized carbons (Fsp3) is 0.667. The first kappa shape index (κ1) is 11.9. The van der Waals surface area contributed by atoms with Crippen LogP contribution in [0.2, 0.25) is 0 Å². The number of carbonyl (C=O) groups is 1. The summed E-state index contributed by atoms with van der Waals surface area (Å²) in [5, 5.41) is 6.58. The van der Waals surface area contributed by atoms with Crippen LogP contribution in [0.15, 0.2) is 10.3 Å². The van der Waals surface area contributed by atoms with E-state index in [0.29, 0.717) is 5.92 Å². The van der Waals surface area contributed by atoms with Crippen LogP contribution in [0.25, 0.3) is 0 Å².